The second kappa shape index (κ2) is 13.2. The SMILES string of the molecule is O=C(Nc1cn(Cc2cn(C3CCN([C@H]4CCOC4)CC3)nn2)nc1-c1cc(SC2CC2)ccc1OC(F)F)c1cnn2cccnc12. The van der Waals surface area contributed by atoms with Crippen LogP contribution in [0, 0.1) is 0 Å². The largest absolute Gasteiger partial charge is 0.434 e. The predicted octanol–water partition coefficient (Wildman–Crippen LogP) is 4.77. The Kier molecular flexibility index (Phi) is 8.52. The van der Waals surface area contributed by atoms with Crippen molar-refractivity contribution in [2.75, 3.05) is 31.6 Å². The third kappa shape index (κ3) is 6.64. The first kappa shape index (κ1) is 30.9. The van der Waals surface area contributed by atoms with Gasteiger partial charge in [-0.1, -0.05) is 5.21 Å². The van der Waals surface area contributed by atoms with Gasteiger partial charge in [-0.25, -0.2) is 14.2 Å². The highest BCUT2D eigenvalue weighted by molar-refractivity contribution is 8.00. The number of ether oxygens (including phenoxy) is 2. The summed E-state index contributed by atoms with van der Waals surface area (Å²) in [5, 5.41) is 21.3. The Hall–Kier alpha value is -4.41. The number of aromatic nitrogens is 8. The number of hydrogen-bond donors (Lipinski definition) is 1. The van der Waals surface area contributed by atoms with E-state index in [1.807, 2.05) is 10.9 Å². The molecular weight excluding hydrogens is 642 g/mol. The number of likely N-dealkylation sites (tertiary alicyclic amines) is 1. The van der Waals surface area contributed by atoms with Crippen LogP contribution in [0.25, 0.3) is 16.9 Å². The highest BCUT2D eigenvalue weighted by atomic mass is 32.2. The molecule has 250 valence electrons. The van der Waals surface area contributed by atoms with Crippen LogP contribution in [0.5, 0.6) is 5.75 Å². The Morgan fingerprint density at radius 2 is 2.00 bits per heavy atom. The van der Waals surface area contributed by atoms with E-state index in [1.165, 1.54) is 16.8 Å². The van der Waals surface area contributed by atoms with Crippen LogP contribution in [-0.4, -0.2) is 94.4 Å². The molecular formula is C32H34F2N10O3S. The zero-order valence-electron chi connectivity index (χ0n) is 26.0. The Morgan fingerprint density at radius 3 is 2.79 bits per heavy atom. The number of nitrogens with zero attached hydrogens (tertiary/aromatic N) is 9. The number of anilines is 1. The number of hydrogen-bond acceptors (Lipinski definition) is 10. The standard InChI is InChI=1S/C32H34F2N10O3S/c33-32(34)47-28-5-4-24(48-23-2-3-23)14-25(28)29-27(37-31(45)26-15-36-43-10-1-9-35-30(26)43)18-42(39-29)16-20-17-44(40-38-20)21-6-11-41(12-7-21)22-8-13-46-19-22/h1,4-5,9-10,14-15,17-18,21-23,32H,2-3,6-8,11-13,16,19H2,(H,37,45)/t22-/m0/s1. The smallest absolute Gasteiger partial charge is 0.387 e. The third-order valence-electron chi connectivity index (χ3n) is 8.96. The predicted molar refractivity (Wildman–Crippen MR) is 172 cm³/mol. The van der Waals surface area contributed by atoms with Crippen LogP contribution < -0.4 is 10.1 Å². The van der Waals surface area contributed by atoms with Crippen LogP contribution in [0.15, 0.2) is 60.1 Å². The quantitative estimate of drug-likeness (QED) is 0.209. The number of amides is 1. The van der Waals surface area contributed by atoms with Crippen LogP contribution in [0.3, 0.4) is 0 Å². The molecule has 0 unspecified atom stereocenters. The molecule has 13 nitrogen and oxygen atoms in total. The molecule has 1 atom stereocenters. The van der Waals surface area contributed by atoms with Crippen molar-refractivity contribution in [3.63, 3.8) is 0 Å². The topological polar surface area (TPSA) is 130 Å². The van der Waals surface area contributed by atoms with Crippen molar-refractivity contribution in [3.8, 4) is 17.0 Å². The van der Waals surface area contributed by atoms with Crippen LogP contribution in [0.1, 0.15) is 54.2 Å². The van der Waals surface area contributed by atoms with Gasteiger partial charge in [0.15, 0.2) is 5.65 Å². The fourth-order valence-corrected chi connectivity index (χ4v) is 7.46. The maximum atomic E-state index is 13.6. The van der Waals surface area contributed by atoms with E-state index in [4.69, 9.17) is 14.6 Å². The first-order valence-corrected chi connectivity index (χ1v) is 17.0. The number of nitrogens with one attached hydrogen (secondary N) is 1. The second-order valence-corrected chi connectivity index (χ2v) is 13.7. The van der Waals surface area contributed by atoms with Crippen molar-refractivity contribution in [2.24, 2.45) is 0 Å². The summed E-state index contributed by atoms with van der Waals surface area (Å²) in [5.41, 5.74) is 2.27. The number of piperidine rings is 1. The molecule has 16 heteroatoms. The first-order chi connectivity index (χ1) is 23.5. The van der Waals surface area contributed by atoms with Gasteiger partial charge in [0.1, 0.15) is 22.7 Å². The number of alkyl halides is 2. The van der Waals surface area contributed by atoms with E-state index >= 15 is 0 Å². The van der Waals surface area contributed by atoms with Gasteiger partial charge in [0.05, 0.1) is 37.3 Å². The molecule has 4 aromatic heterocycles. The lowest BCUT2D eigenvalue weighted by molar-refractivity contribution is -0.0494. The van der Waals surface area contributed by atoms with E-state index in [-0.39, 0.29) is 29.6 Å². The zero-order chi connectivity index (χ0) is 32.6. The zero-order valence-corrected chi connectivity index (χ0v) is 26.8. The molecule has 48 heavy (non-hydrogen) atoms. The second-order valence-electron chi connectivity index (χ2n) is 12.3. The summed E-state index contributed by atoms with van der Waals surface area (Å²) in [7, 11) is 0. The average molecular weight is 677 g/mol. The number of carbonyl (C=O) groups is 1. The highest BCUT2D eigenvalue weighted by Gasteiger charge is 2.29. The van der Waals surface area contributed by atoms with Gasteiger partial charge in [-0.05, 0) is 56.4 Å². The van der Waals surface area contributed by atoms with Gasteiger partial charge in [-0.2, -0.15) is 19.0 Å². The third-order valence-corrected chi connectivity index (χ3v) is 10.3. The van der Waals surface area contributed by atoms with Crippen LogP contribution in [0.2, 0.25) is 0 Å². The van der Waals surface area contributed by atoms with E-state index in [0.717, 1.165) is 63.3 Å². The summed E-state index contributed by atoms with van der Waals surface area (Å²) in [6.07, 6.45) is 13.6. The molecule has 2 saturated heterocycles. The van der Waals surface area contributed by atoms with E-state index in [9.17, 15) is 13.6 Å². The molecule has 5 aromatic rings. The molecule has 1 aliphatic carbocycles. The molecule has 0 bridgehead atoms. The molecule has 0 spiro atoms. The lowest BCUT2D eigenvalue weighted by Crippen LogP contribution is -2.42. The highest BCUT2D eigenvalue weighted by Crippen LogP contribution is 2.43. The molecule has 1 N–H and O–H groups in total. The van der Waals surface area contributed by atoms with Gasteiger partial charge >= 0.3 is 6.61 Å². The van der Waals surface area contributed by atoms with Crippen molar-refractivity contribution in [1.82, 2.24) is 44.3 Å². The van der Waals surface area contributed by atoms with Gasteiger partial charge < -0.3 is 14.8 Å². The molecule has 0 radical (unpaired) electrons. The van der Waals surface area contributed by atoms with Gasteiger partial charge in [-0.15, -0.1) is 16.9 Å². The first-order valence-electron chi connectivity index (χ1n) is 16.1. The van der Waals surface area contributed by atoms with Crippen molar-refractivity contribution < 1.29 is 23.0 Å². The summed E-state index contributed by atoms with van der Waals surface area (Å²) >= 11 is 1.68. The number of benzene rings is 1. The molecule has 2 aliphatic heterocycles. The Labute approximate surface area is 278 Å². The fraction of sp³-hybridized carbons (Fsp3) is 0.438. The molecule has 3 fully saturated rings. The molecule has 3 aliphatic rings. The van der Waals surface area contributed by atoms with Gasteiger partial charge in [0.2, 0.25) is 0 Å². The Morgan fingerprint density at radius 1 is 1.12 bits per heavy atom. The van der Waals surface area contributed by atoms with Crippen LogP contribution in [-0.2, 0) is 11.3 Å². The average Bonchev–Trinajstić information content (AvgIpc) is 3.54. The molecule has 6 heterocycles. The van der Waals surface area contributed by atoms with Crippen molar-refractivity contribution in [3.05, 3.63) is 66.5 Å². The summed E-state index contributed by atoms with van der Waals surface area (Å²) in [5.74, 6) is -0.504. The summed E-state index contributed by atoms with van der Waals surface area (Å²) < 4.78 is 42.7. The number of thioether (sulfide) groups is 1. The lowest BCUT2D eigenvalue weighted by atomic mass is 10.0. The van der Waals surface area contributed by atoms with Crippen molar-refractivity contribution >= 4 is 29.0 Å². The molecule has 1 amide bonds. The van der Waals surface area contributed by atoms with Gasteiger partial charge in [0.25, 0.3) is 5.91 Å². The monoisotopic (exact) mass is 676 g/mol. The van der Waals surface area contributed by atoms with Crippen molar-refractivity contribution in [2.45, 2.75) is 67.5 Å². The number of fused-ring (bicyclic) bond motifs is 1. The van der Waals surface area contributed by atoms with E-state index in [0.29, 0.717) is 33.9 Å². The van der Waals surface area contributed by atoms with Gasteiger partial charge in [0, 0.05) is 60.0 Å². The number of carbonyl (C=O) groups excluding carboxylic acids is 1. The molecule has 8 rings (SSSR count). The Bertz CT molecular complexity index is 1910. The lowest BCUT2D eigenvalue weighted by Gasteiger charge is -2.35. The molecule has 1 saturated carbocycles. The summed E-state index contributed by atoms with van der Waals surface area (Å²) in [6, 6.07) is 7.56. The fourth-order valence-electron chi connectivity index (χ4n) is 6.37. The minimum absolute atomic E-state index is 0.0370. The van der Waals surface area contributed by atoms with Crippen LogP contribution >= 0.6 is 11.8 Å². The summed E-state index contributed by atoms with van der Waals surface area (Å²) in [6.45, 7) is 0.833. The van der Waals surface area contributed by atoms with E-state index in [1.54, 1.807) is 53.2 Å². The minimum Gasteiger partial charge on any atom is -0.434 e. The Balaban J connectivity index is 1.08. The van der Waals surface area contributed by atoms with Crippen molar-refractivity contribution in [1.29, 1.82) is 0 Å². The van der Waals surface area contributed by atoms with E-state index in [2.05, 4.69) is 30.6 Å². The normalized spacial score (nSPS) is 19.0. The van der Waals surface area contributed by atoms with Crippen LogP contribution in [0.4, 0.5) is 14.5 Å². The number of rotatable bonds is 11. The van der Waals surface area contributed by atoms with E-state index < -0.39 is 12.5 Å². The maximum Gasteiger partial charge on any atom is 0.387 e. The minimum atomic E-state index is -3.04. The van der Waals surface area contributed by atoms with Gasteiger partial charge in [-0.3, -0.25) is 14.4 Å². The molecule has 1 aromatic carbocycles. The number of halogens is 2. The summed E-state index contributed by atoms with van der Waals surface area (Å²) in [4.78, 5) is 21.3. The maximum absolute atomic E-state index is 13.6.